The molecule has 0 aliphatic carbocycles. The van der Waals surface area contributed by atoms with Gasteiger partial charge in [-0.25, -0.2) is 13.6 Å². The van der Waals surface area contributed by atoms with Crippen molar-refractivity contribution in [2.24, 2.45) is 0 Å². The fourth-order valence-electron chi connectivity index (χ4n) is 3.03. The van der Waals surface area contributed by atoms with E-state index in [2.05, 4.69) is 4.98 Å². The van der Waals surface area contributed by atoms with Crippen LogP contribution in [0.25, 0.3) is 11.1 Å². The summed E-state index contributed by atoms with van der Waals surface area (Å²) < 4.78 is 34.0. The standard InChI is InChI=1S/C21H14F2N2O3/c22-16-6-3-5-15(19(16)23)20(26)13-7-8-17-18(12-13)28-21(27)25(17)11-9-14-4-1-2-10-24-14/h1-8,10,12H,9,11H2. The minimum atomic E-state index is -1.21. The second kappa shape index (κ2) is 7.19. The van der Waals surface area contributed by atoms with Crippen LogP contribution in [0.15, 0.2) is 70.0 Å². The van der Waals surface area contributed by atoms with E-state index in [-0.39, 0.29) is 16.7 Å². The molecule has 0 spiro atoms. The topological polar surface area (TPSA) is 65.1 Å². The van der Waals surface area contributed by atoms with Crippen LogP contribution in [-0.2, 0) is 13.0 Å². The summed E-state index contributed by atoms with van der Waals surface area (Å²) >= 11 is 0. The molecule has 0 bridgehead atoms. The van der Waals surface area contributed by atoms with Gasteiger partial charge in [0.05, 0.1) is 11.1 Å². The molecule has 0 amide bonds. The third-order valence-electron chi connectivity index (χ3n) is 4.44. The highest BCUT2D eigenvalue weighted by atomic mass is 19.2. The molecule has 2 aromatic carbocycles. The minimum absolute atomic E-state index is 0.0997. The van der Waals surface area contributed by atoms with Crippen LogP contribution in [0.1, 0.15) is 21.6 Å². The first-order valence-corrected chi connectivity index (χ1v) is 8.56. The maximum absolute atomic E-state index is 13.9. The van der Waals surface area contributed by atoms with Crippen molar-refractivity contribution in [1.29, 1.82) is 0 Å². The van der Waals surface area contributed by atoms with Gasteiger partial charge in [0, 0.05) is 30.4 Å². The molecule has 5 nitrogen and oxygen atoms in total. The van der Waals surface area contributed by atoms with E-state index in [1.54, 1.807) is 12.3 Å². The number of benzene rings is 2. The quantitative estimate of drug-likeness (QED) is 0.495. The molecule has 2 heterocycles. The molecule has 4 aromatic rings. The van der Waals surface area contributed by atoms with E-state index in [4.69, 9.17) is 4.42 Å². The Morgan fingerprint density at radius 1 is 1.07 bits per heavy atom. The van der Waals surface area contributed by atoms with Crippen molar-refractivity contribution >= 4 is 16.9 Å². The summed E-state index contributed by atoms with van der Waals surface area (Å²) in [7, 11) is 0. The Kier molecular flexibility index (Phi) is 4.57. The zero-order chi connectivity index (χ0) is 19.7. The number of rotatable bonds is 5. The summed E-state index contributed by atoms with van der Waals surface area (Å²) in [6.07, 6.45) is 2.21. The lowest BCUT2D eigenvalue weighted by atomic mass is 10.0. The van der Waals surface area contributed by atoms with Crippen LogP contribution in [0, 0.1) is 11.6 Å². The first kappa shape index (κ1) is 17.8. The van der Waals surface area contributed by atoms with Crippen LogP contribution in [-0.4, -0.2) is 15.3 Å². The molecule has 4 rings (SSSR count). The Balaban J connectivity index is 1.66. The van der Waals surface area contributed by atoms with Crippen molar-refractivity contribution < 1.29 is 18.0 Å². The fraction of sp³-hybridized carbons (Fsp3) is 0.0952. The van der Waals surface area contributed by atoms with Gasteiger partial charge in [0.15, 0.2) is 23.0 Å². The van der Waals surface area contributed by atoms with E-state index in [0.29, 0.717) is 18.5 Å². The van der Waals surface area contributed by atoms with Gasteiger partial charge in [-0.1, -0.05) is 12.1 Å². The Morgan fingerprint density at radius 2 is 1.93 bits per heavy atom. The number of pyridine rings is 1. The van der Waals surface area contributed by atoms with Gasteiger partial charge in [-0.05, 0) is 42.5 Å². The Hall–Kier alpha value is -3.61. The number of halogens is 2. The van der Waals surface area contributed by atoms with Crippen LogP contribution < -0.4 is 5.76 Å². The third kappa shape index (κ3) is 3.22. The second-order valence-electron chi connectivity index (χ2n) is 6.20. The van der Waals surface area contributed by atoms with Crippen LogP contribution >= 0.6 is 0 Å². The van der Waals surface area contributed by atoms with Crippen molar-refractivity contribution in [1.82, 2.24) is 9.55 Å². The van der Waals surface area contributed by atoms with E-state index in [1.807, 2.05) is 18.2 Å². The number of nitrogens with zero attached hydrogens (tertiary/aromatic N) is 2. The van der Waals surface area contributed by atoms with E-state index < -0.39 is 23.2 Å². The normalized spacial score (nSPS) is 11.1. The zero-order valence-corrected chi connectivity index (χ0v) is 14.6. The summed E-state index contributed by atoms with van der Waals surface area (Å²) in [5.41, 5.74) is 1.27. The molecule has 28 heavy (non-hydrogen) atoms. The number of aromatic nitrogens is 2. The smallest absolute Gasteiger partial charge is 0.408 e. The second-order valence-corrected chi connectivity index (χ2v) is 6.20. The van der Waals surface area contributed by atoms with Crippen LogP contribution in [0.4, 0.5) is 8.78 Å². The Labute approximate surface area is 157 Å². The van der Waals surface area contributed by atoms with Crippen molar-refractivity contribution in [2.45, 2.75) is 13.0 Å². The lowest BCUT2D eigenvalue weighted by Crippen LogP contribution is -2.15. The fourth-order valence-corrected chi connectivity index (χ4v) is 3.03. The summed E-state index contributed by atoms with van der Waals surface area (Å²) in [5.74, 6) is -3.56. The number of aryl methyl sites for hydroxylation is 2. The van der Waals surface area contributed by atoms with Crippen LogP contribution in [0.2, 0.25) is 0 Å². The average Bonchev–Trinajstić information content (AvgIpc) is 3.03. The molecule has 0 N–H and O–H groups in total. The van der Waals surface area contributed by atoms with Gasteiger partial charge in [0.1, 0.15) is 0 Å². The number of oxazole rings is 1. The lowest BCUT2D eigenvalue weighted by molar-refractivity contribution is 0.103. The summed E-state index contributed by atoms with van der Waals surface area (Å²) in [4.78, 5) is 28.9. The maximum Gasteiger partial charge on any atom is 0.419 e. The van der Waals surface area contributed by atoms with Gasteiger partial charge in [0.2, 0.25) is 0 Å². The van der Waals surface area contributed by atoms with Crippen molar-refractivity contribution in [3.8, 4) is 0 Å². The minimum Gasteiger partial charge on any atom is -0.408 e. The predicted octanol–water partition coefficient (Wildman–Crippen LogP) is 3.74. The van der Waals surface area contributed by atoms with Gasteiger partial charge in [-0.2, -0.15) is 0 Å². The van der Waals surface area contributed by atoms with E-state index in [0.717, 1.165) is 11.8 Å². The monoisotopic (exact) mass is 380 g/mol. The Bertz CT molecular complexity index is 1230. The van der Waals surface area contributed by atoms with Crippen molar-refractivity contribution in [2.75, 3.05) is 0 Å². The average molecular weight is 380 g/mol. The molecular weight excluding hydrogens is 366 g/mol. The largest absolute Gasteiger partial charge is 0.419 e. The third-order valence-corrected chi connectivity index (χ3v) is 4.44. The molecule has 140 valence electrons. The number of carbonyl (C=O) groups excluding carboxylic acids is 1. The van der Waals surface area contributed by atoms with Gasteiger partial charge >= 0.3 is 5.76 Å². The molecule has 0 aliphatic rings. The van der Waals surface area contributed by atoms with Gasteiger partial charge in [-0.15, -0.1) is 0 Å². The van der Waals surface area contributed by atoms with Crippen molar-refractivity contribution in [3.05, 3.63) is 99.8 Å². The number of hydrogen-bond donors (Lipinski definition) is 0. The van der Waals surface area contributed by atoms with Crippen LogP contribution in [0.5, 0.6) is 0 Å². The van der Waals surface area contributed by atoms with E-state index in [1.165, 1.54) is 28.8 Å². The molecule has 7 heteroatoms. The van der Waals surface area contributed by atoms with E-state index in [9.17, 15) is 18.4 Å². The highest BCUT2D eigenvalue weighted by molar-refractivity contribution is 6.10. The maximum atomic E-state index is 13.9. The molecular formula is C21H14F2N2O3. The van der Waals surface area contributed by atoms with E-state index >= 15 is 0 Å². The summed E-state index contributed by atoms with van der Waals surface area (Å²) in [6.45, 7) is 0.356. The molecule has 0 fully saturated rings. The van der Waals surface area contributed by atoms with Crippen molar-refractivity contribution in [3.63, 3.8) is 0 Å². The lowest BCUT2D eigenvalue weighted by Gasteiger charge is -2.05. The highest BCUT2D eigenvalue weighted by Crippen LogP contribution is 2.20. The molecule has 2 aromatic heterocycles. The molecule has 0 saturated carbocycles. The zero-order valence-electron chi connectivity index (χ0n) is 14.6. The highest BCUT2D eigenvalue weighted by Gasteiger charge is 2.19. The molecule has 0 unspecified atom stereocenters. The summed E-state index contributed by atoms with van der Waals surface area (Å²) in [6, 6.07) is 13.3. The SMILES string of the molecule is O=C(c1ccc2c(c1)oc(=O)n2CCc1ccccn1)c1cccc(F)c1F. The predicted molar refractivity (Wildman–Crippen MR) is 98.2 cm³/mol. The number of carbonyl (C=O) groups is 1. The molecule has 0 saturated heterocycles. The molecule has 0 atom stereocenters. The molecule has 0 radical (unpaired) electrons. The first-order chi connectivity index (χ1) is 13.5. The number of hydrogen-bond acceptors (Lipinski definition) is 4. The van der Waals surface area contributed by atoms with Gasteiger partial charge in [-0.3, -0.25) is 14.3 Å². The first-order valence-electron chi connectivity index (χ1n) is 8.56. The van der Waals surface area contributed by atoms with Gasteiger partial charge in [0.25, 0.3) is 0 Å². The molecule has 0 aliphatic heterocycles. The summed E-state index contributed by atoms with van der Waals surface area (Å²) in [5, 5.41) is 0. The van der Waals surface area contributed by atoms with Gasteiger partial charge < -0.3 is 4.42 Å². The van der Waals surface area contributed by atoms with Crippen LogP contribution in [0.3, 0.4) is 0 Å². The Morgan fingerprint density at radius 3 is 2.71 bits per heavy atom. The number of fused-ring (bicyclic) bond motifs is 1. The number of ketones is 1.